The van der Waals surface area contributed by atoms with E-state index in [2.05, 4.69) is 9.97 Å². The van der Waals surface area contributed by atoms with Crippen LogP contribution in [0.5, 0.6) is 5.88 Å². The fraction of sp³-hybridized carbons (Fsp3) is 0.429. The van der Waals surface area contributed by atoms with Crippen molar-refractivity contribution in [3.63, 3.8) is 0 Å². The van der Waals surface area contributed by atoms with Crippen molar-refractivity contribution >= 4 is 0 Å². The van der Waals surface area contributed by atoms with E-state index in [9.17, 15) is 0 Å². The van der Waals surface area contributed by atoms with E-state index in [1.54, 1.807) is 19.5 Å². The molecule has 1 unspecified atom stereocenters. The third kappa shape index (κ3) is 1.88. The molecule has 4 heteroatoms. The number of nitrogens with two attached hydrogens (primary N) is 1. The molecule has 0 radical (unpaired) electrons. The summed E-state index contributed by atoms with van der Waals surface area (Å²) in [6.07, 6.45) is 3.18. The van der Waals surface area contributed by atoms with Crippen molar-refractivity contribution in [3.8, 4) is 5.88 Å². The van der Waals surface area contributed by atoms with Gasteiger partial charge in [0.2, 0.25) is 5.88 Å². The van der Waals surface area contributed by atoms with E-state index < -0.39 is 0 Å². The van der Waals surface area contributed by atoms with Crippen LogP contribution in [0.2, 0.25) is 0 Å². The van der Waals surface area contributed by atoms with Crippen LogP contribution in [-0.2, 0) is 0 Å². The number of methoxy groups -OCH3 is 1. The summed E-state index contributed by atoms with van der Waals surface area (Å²) in [6, 6.07) is -0.0994. The Morgan fingerprint density at radius 1 is 1.55 bits per heavy atom. The zero-order valence-corrected chi connectivity index (χ0v) is 6.61. The van der Waals surface area contributed by atoms with Crippen LogP contribution >= 0.6 is 0 Å². The number of nitrogens with zero attached hydrogens (tertiary/aromatic N) is 2. The van der Waals surface area contributed by atoms with Gasteiger partial charge >= 0.3 is 0 Å². The molecule has 1 atom stereocenters. The number of ether oxygens (including phenoxy) is 1. The van der Waals surface area contributed by atoms with Crippen LogP contribution in [0, 0.1) is 0 Å². The second kappa shape index (κ2) is 3.30. The highest BCUT2D eigenvalue weighted by atomic mass is 16.5. The summed E-state index contributed by atoms with van der Waals surface area (Å²) < 4.78 is 4.88. The van der Waals surface area contributed by atoms with Gasteiger partial charge in [0.1, 0.15) is 0 Å². The first-order chi connectivity index (χ1) is 5.24. The second-order valence-electron chi connectivity index (χ2n) is 2.27. The van der Waals surface area contributed by atoms with Crippen molar-refractivity contribution in [2.75, 3.05) is 7.11 Å². The van der Waals surface area contributed by atoms with E-state index in [0.717, 1.165) is 5.69 Å². The first-order valence-electron chi connectivity index (χ1n) is 3.35. The lowest BCUT2D eigenvalue weighted by Crippen LogP contribution is -2.08. The van der Waals surface area contributed by atoms with Crippen LogP contribution in [0.4, 0.5) is 0 Å². The fourth-order valence-electron chi connectivity index (χ4n) is 0.680. The minimum Gasteiger partial charge on any atom is -0.480 e. The van der Waals surface area contributed by atoms with Crippen LogP contribution in [0.15, 0.2) is 12.4 Å². The maximum Gasteiger partial charge on any atom is 0.232 e. The predicted octanol–water partition coefficient (Wildman–Crippen LogP) is 0.505. The lowest BCUT2D eigenvalue weighted by molar-refractivity contribution is 0.393. The Morgan fingerprint density at radius 3 is 2.82 bits per heavy atom. The van der Waals surface area contributed by atoms with Gasteiger partial charge in [-0.2, -0.15) is 0 Å². The molecular formula is C7H11N3O. The Hall–Kier alpha value is -1.16. The third-order valence-electron chi connectivity index (χ3n) is 1.31. The molecule has 11 heavy (non-hydrogen) atoms. The molecule has 1 rings (SSSR count). The Kier molecular flexibility index (Phi) is 2.38. The van der Waals surface area contributed by atoms with Gasteiger partial charge < -0.3 is 10.5 Å². The summed E-state index contributed by atoms with van der Waals surface area (Å²) in [5, 5.41) is 0. The van der Waals surface area contributed by atoms with Crippen molar-refractivity contribution in [2.45, 2.75) is 13.0 Å². The predicted molar refractivity (Wildman–Crippen MR) is 41.2 cm³/mol. The van der Waals surface area contributed by atoms with Gasteiger partial charge in [0.05, 0.1) is 25.2 Å². The van der Waals surface area contributed by atoms with Crippen LogP contribution in [-0.4, -0.2) is 17.1 Å². The molecule has 1 heterocycles. The molecule has 60 valence electrons. The highest BCUT2D eigenvalue weighted by Crippen LogP contribution is 2.08. The highest BCUT2D eigenvalue weighted by Gasteiger charge is 2.01. The minimum absolute atomic E-state index is 0.0994. The molecular weight excluding hydrogens is 142 g/mol. The van der Waals surface area contributed by atoms with Gasteiger partial charge in [-0.25, -0.2) is 4.98 Å². The molecule has 1 aromatic rings. The first kappa shape index (κ1) is 7.94. The quantitative estimate of drug-likeness (QED) is 0.672. The molecule has 0 aliphatic carbocycles. The molecule has 1 aromatic heterocycles. The number of aromatic nitrogens is 2. The molecule has 0 spiro atoms. The molecule has 4 nitrogen and oxygen atoms in total. The smallest absolute Gasteiger partial charge is 0.232 e. The average molecular weight is 153 g/mol. The Morgan fingerprint density at radius 2 is 2.27 bits per heavy atom. The SMILES string of the molecule is COc1cncc(C(C)N)n1. The molecule has 0 aliphatic heterocycles. The monoisotopic (exact) mass is 153 g/mol. The summed E-state index contributed by atoms with van der Waals surface area (Å²) in [6.45, 7) is 1.85. The van der Waals surface area contributed by atoms with E-state index >= 15 is 0 Å². The highest BCUT2D eigenvalue weighted by molar-refractivity contribution is 5.10. The zero-order chi connectivity index (χ0) is 8.27. The van der Waals surface area contributed by atoms with Crippen molar-refractivity contribution in [1.82, 2.24) is 9.97 Å². The zero-order valence-electron chi connectivity index (χ0n) is 6.61. The Labute approximate surface area is 65.4 Å². The number of hydrogen-bond donors (Lipinski definition) is 1. The molecule has 0 amide bonds. The van der Waals surface area contributed by atoms with Crippen LogP contribution in [0.1, 0.15) is 18.7 Å². The fourth-order valence-corrected chi connectivity index (χ4v) is 0.680. The lowest BCUT2D eigenvalue weighted by atomic mass is 10.3. The topological polar surface area (TPSA) is 61.0 Å². The van der Waals surface area contributed by atoms with Crippen molar-refractivity contribution in [2.24, 2.45) is 5.73 Å². The van der Waals surface area contributed by atoms with Gasteiger partial charge in [-0.1, -0.05) is 0 Å². The number of hydrogen-bond acceptors (Lipinski definition) is 4. The molecule has 0 aliphatic rings. The van der Waals surface area contributed by atoms with Crippen LogP contribution < -0.4 is 10.5 Å². The van der Waals surface area contributed by atoms with E-state index in [-0.39, 0.29) is 6.04 Å². The van der Waals surface area contributed by atoms with Crippen molar-refractivity contribution in [1.29, 1.82) is 0 Å². The molecule has 2 N–H and O–H groups in total. The van der Waals surface area contributed by atoms with Gasteiger partial charge in [0.15, 0.2) is 0 Å². The maximum atomic E-state index is 5.58. The van der Waals surface area contributed by atoms with Gasteiger partial charge in [-0.05, 0) is 6.92 Å². The van der Waals surface area contributed by atoms with Gasteiger partial charge in [0.25, 0.3) is 0 Å². The summed E-state index contributed by atoms with van der Waals surface area (Å²) in [5.74, 6) is 0.500. The molecule has 0 saturated heterocycles. The third-order valence-corrected chi connectivity index (χ3v) is 1.31. The summed E-state index contributed by atoms with van der Waals surface area (Å²) in [5.41, 5.74) is 6.32. The lowest BCUT2D eigenvalue weighted by Gasteiger charge is -2.04. The standard InChI is InChI=1S/C7H11N3O/c1-5(8)6-3-9-4-7(10-6)11-2/h3-5H,8H2,1-2H3. The molecule has 0 bridgehead atoms. The first-order valence-corrected chi connectivity index (χ1v) is 3.35. The maximum absolute atomic E-state index is 5.58. The Balaban J connectivity index is 2.91. The van der Waals surface area contributed by atoms with Crippen molar-refractivity contribution < 1.29 is 4.74 Å². The summed E-state index contributed by atoms with van der Waals surface area (Å²) in [4.78, 5) is 7.99. The molecule has 0 fully saturated rings. The van der Waals surface area contributed by atoms with Gasteiger partial charge in [0, 0.05) is 6.04 Å². The second-order valence-corrected chi connectivity index (χ2v) is 2.27. The average Bonchev–Trinajstić information content (AvgIpc) is 2.05. The minimum atomic E-state index is -0.0994. The largest absolute Gasteiger partial charge is 0.480 e. The van der Waals surface area contributed by atoms with Gasteiger partial charge in [-0.15, -0.1) is 0 Å². The summed E-state index contributed by atoms with van der Waals surface area (Å²) >= 11 is 0. The Bertz CT molecular complexity index is 237. The van der Waals surface area contributed by atoms with Crippen LogP contribution in [0.25, 0.3) is 0 Å². The van der Waals surface area contributed by atoms with Gasteiger partial charge in [-0.3, -0.25) is 4.98 Å². The molecule has 0 aromatic carbocycles. The van der Waals surface area contributed by atoms with E-state index in [4.69, 9.17) is 10.5 Å². The molecule has 0 saturated carbocycles. The normalized spacial score (nSPS) is 12.6. The van der Waals surface area contributed by atoms with E-state index in [1.807, 2.05) is 6.92 Å². The van der Waals surface area contributed by atoms with E-state index in [0.29, 0.717) is 5.88 Å². The summed E-state index contributed by atoms with van der Waals surface area (Å²) in [7, 11) is 1.55. The number of rotatable bonds is 2. The van der Waals surface area contributed by atoms with Crippen LogP contribution in [0.3, 0.4) is 0 Å². The van der Waals surface area contributed by atoms with Crippen molar-refractivity contribution in [3.05, 3.63) is 18.1 Å². The van der Waals surface area contributed by atoms with E-state index in [1.165, 1.54) is 0 Å².